The molecular formula is C16H14ClF3N2O. The molecule has 0 spiro atoms. The third-order valence-corrected chi connectivity index (χ3v) is 3.34. The summed E-state index contributed by atoms with van der Waals surface area (Å²) >= 11 is 5.52. The van der Waals surface area contributed by atoms with Crippen molar-refractivity contribution in [2.45, 2.75) is 12.7 Å². The first-order valence-electron chi connectivity index (χ1n) is 6.77. The minimum Gasteiger partial charge on any atom is -0.325 e. The summed E-state index contributed by atoms with van der Waals surface area (Å²) in [6, 6.07) is 12.7. The number of benzene rings is 2. The summed E-state index contributed by atoms with van der Waals surface area (Å²) in [4.78, 5) is 11.8. The van der Waals surface area contributed by atoms with E-state index in [1.54, 1.807) is 0 Å². The molecule has 3 nitrogen and oxygen atoms in total. The lowest BCUT2D eigenvalue weighted by atomic mass is 10.2. The second-order valence-electron chi connectivity index (χ2n) is 4.83. The molecule has 23 heavy (non-hydrogen) atoms. The van der Waals surface area contributed by atoms with Gasteiger partial charge in [0, 0.05) is 12.2 Å². The van der Waals surface area contributed by atoms with Crippen LogP contribution in [0.1, 0.15) is 11.1 Å². The number of hydrogen-bond donors (Lipinski definition) is 2. The number of hydrogen-bond acceptors (Lipinski definition) is 2. The monoisotopic (exact) mass is 342 g/mol. The van der Waals surface area contributed by atoms with E-state index >= 15 is 0 Å². The first-order chi connectivity index (χ1) is 10.9. The van der Waals surface area contributed by atoms with Gasteiger partial charge in [-0.3, -0.25) is 4.79 Å². The van der Waals surface area contributed by atoms with E-state index in [-0.39, 0.29) is 12.2 Å². The minimum absolute atomic E-state index is 0.0150. The van der Waals surface area contributed by atoms with Crippen molar-refractivity contribution in [2.24, 2.45) is 0 Å². The van der Waals surface area contributed by atoms with E-state index in [1.165, 1.54) is 6.07 Å². The van der Waals surface area contributed by atoms with Crippen molar-refractivity contribution in [2.75, 3.05) is 11.9 Å². The summed E-state index contributed by atoms with van der Waals surface area (Å²) in [5, 5.41) is 4.92. The Labute approximate surface area is 136 Å². The summed E-state index contributed by atoms with van der Waals surface area (Å²) in [6.45, 7) is 0.474. The second-order valence-corrected chi connectivity index (χ2v) is 5.24. The first kappa shape index (κ1) is 17.3. The Morgan fingerprint density at radius 1 is 1.09 bits per heavy atom. The van der Waals surface area contributed by atoms with Crippen LogP contribution in [0.25, 0.3) is 0 Å². The maximum Gasteiger partial charge on any atom is 0.417 e. The number of halogens is 4. The average molecular weight is 343 g/mol. The standard InChI is InChI=1S/C16H14ClF3N2O/c17-14-7-6-12(8-13(14)16(18,19)20)22-15(23)10-21-9-11-4-2-1-3-5-11/h1-8,21H,9-10H2,(H,22,23). The first-order valence-corrected chi connectivity index (χ1v) is 7.15. The number of rotatable bonds is 5. The van der Waals surface area contributed by atoms with Crippen molar-refractivity contribution in [1.29, 1.82) is 0 Å². The van der Waals surface area contributed by atoms with Gasteiger partial charge in [0.05, 0.1) is 17.1 Å². The van der Waals surface area contributed by atoms with E-state index in [4.69, 9.17) is 11.6 Å². The Kier molecular flexibility index (Phi) is 5.63. The Morgan fingerprint density at radius 3 is 2.43 bits per heavy atom. The topological polar surface area (TPSA) is 41.1 Å². The highest BCUT2D eigenvalue weighted by atomic mass is 35.5. The Bertz CT molecular complexity index is 675. The molecule has 0 heterocycles. The van der Waals surface area contributed by atoms with Gasteiger partial charge in [-0.1, -0.05) is 41.9 Å². The van der Waals surface area contributed by atoms with Crippen molar-refractivity contribution in [3.8, 4) is 0 Å². The van der Waals surface area contributed by atoms with E-state index in [0.717, 1.165) is 17.7 Å². The molecule has 0 aliphatic rings. The quantitative estimate of drug-likeness (QED) is 0.859. The van der Waals surface area contributed by atoms with Crippen LogP contribution in [0.5, 0.6) is 0 Å². The van der Waals surface area contributed by atoms with Crippen LogP contribution in [0.3, 0.4) is 0 Å². The number of anilines is 1. The van der Waals surface area contributed by atoms with Crippen molar-refractivity contribution < 1.29 is 18.0 Å². The maximum atomic E-state index is 12.7. The number of carbonyl (C=O) groups excluding carboxylic acids is 1. The van der Waals surface area contributed by atoms with Crippen LogP contribution in [-0.2, 0) is 17.5 Å². The number of amides is 1. The normalized spacial score (nSPS) is 11.3. The van der Waals surface area contributed by atoms with Gasteiger partial charge in [-0.25, -0.2) is 0 Å². The minimum atomic E-state index is -4.57. The molecule has 0 aliphatic carbocycles. The fraction of sp³-hybridized carbons (Fsp3) is 0.188. The van der Waals surface area contributed by atoms with Crippen LogP contribution in [0.2, 0.25) is 5.02 Å². The molecule has 0 atom stereocenters. The smallest absolute Gasteiger partial charge is 0.325 e. The molecule has 0 saturated heterocycles. The Hall–Kier alpha value is -2.05. The van der Waals surface area contributed by atoms with Gasteiger partial charge in [0.25, 0.3) is 0 Å². The van der Waals surface area contributed by atoms with Gasteiger partial charge < -0.3 is 10.6 Å². The summed E-state index contributed by atoms with van der Waals surface area (Å²) in [6.07, 6.45) is -4.57. The highest BCUT2D eigenvalue weighted by Crippen LogP contribution is 2.36. The summed E-state index contributed by atoms with van der Waals surface area (Å²) < 4.78 is 38.2. The molecule has 2 aromatic rings. The molecule has 122 valence electrons. The highest BCUT2D eigenvalue weighted by Gasteiger charge is 2.33. The number of carbonyl (C=O) groups is 1. The van der Waals surface area contributed by atoms with Crippen molar-refractivity contribution in [3.05, 3.63) is 64.7 Å². The van der Waals surface area contributed by atoms with Crippen molar-refractivity contribution >= 4 is 23.2 Å². The molecule has 2 N–H and O–H groups in total. The molecule has 7 heteroatoms. The molecule has 0 radical (unpaired) electrons. The Morgan fingerprint density at radius 2 is 1.78 bits per heavy atom. The zero-order chi connectivity index (χ0) is 16.9. The predicted molar refractivity (Wildman–Crippen MR) is 83.2 cm³/mol. The van der Waals surface area contributed by atoms with E-state index < -0.39 is 22.7 Å². The van der Waals surface area contributed by atoms with Crippen LogP contribution in [0.15, 0.2) is 48.5 Å². The molecule has 0 saturated carbocycles. The van der Waals surface area contributed by atoms with Crippen LogP contribution < -0.4 is 10.6 Å². The van der Waals surface area contributed by atoms with Gasteiger partial charge in [0.2, 0.25) is 5.91 Å². The molecule has 1 amide bonds. The summed E-state index contributed by atoms with van der Waals surface area (Å²) in [7, 11) is 0. The third-order valence-electron chi connectivity index (χ3n) is 3.01. The fourth-order valence-electron chi connectivity index (χ4n) is 1.94. The molecule has 2 aromatic carbocycles. The van der Waals surface area contributed by atoms with E-state index in [2.05, 4.69) is 10.6 Å². The van der Waals surface area contributed by atoms with Gasteiger partial charge >= 0.3 is 6.18 Å². The van der Waals surface area contributed by atoms with Crippen LogP contribution in [-0.4, -0.2) is 12.5 Å². The zero-order valence-electron chi connectivity index (χ0n) is 12.0. The molecular weight excluding hydrogens is 329 g/mol. The van der Waals surface area contributed by atoms with E-state index in [1.807, 2.05) is 30.3 Å². The van der Waals surface area contributed by atoms with E-state index in [0.29, 0.717) is 6.54 Å². The Balaban J connectivity index is 1.90. The SMILES string of the molecule is O=C(CNCc1ccccc1)Nc1ccc(Cl)c(C(F)(F)F)c1. The van der Waals surface area contributed by atoms with Gasteiger partial charge in [-0.15, -0.1) is 0 Å². The lowest BCUT2D eigenvalue weighted by Crippen LogP contribution is -2.27. The molecule has 2 rings (SSSR count). The highest BCUT2D eigenvalue weighted by molar-refractivity contribution is 6.31. The van der Waals surface area contributed by atoms with Gasteiger partial charge in [0.15, 0.2) is 0 Å². The van der Waals surface area contributed by atoms with Gasteiger partial charge in [0.1, 0.15) is 0 Å². The van der Waals surface area contributed by atoms with Crippen molar-refractivity contribution in [1.82, 2.24) is 5.32 Å². The number of nitrogens with one attached hydrogen (secondary N) is 2. The lowest BCUT2D eigenvalue weighted by molar-refractivity contribution is -0.137. The van der Waals surface area contributed by atoms with E-state index in [9.17, 15) is 18.0 Å². The van der Waals surface area contributed by atoms with Crippen LogP contribution >= 0.6 is 11.6 Å². The second kappa shape index (κ2) is 7.48. The largest absolute Gasteiger partial charge is 0.417 e. The predicted octanol–water partition coefficient (Wildman–Crippen LogP) is 4.09. The van der Waals surface area contributed by atoms with Gasteiger partial charge in [-0.05, 0) is 23.8 Å². The molecule has 0 fully saturated rings. The third kappa shape index (κ3) is 5.26. The molecule has 0 aromatic heterocycles. The van der Waals surface area contributed by atoms with Crippen LogP contribution in [0.4, 0.5) is 18.9 Å². The van der Waals surface area contributed by atoms with Crippen molar-refractivity contribution in [3.63, 3.8) is 0 Å². The van der Waals surface area contributed by atoms with Gasteiger partial charge in [-0.2, -0.15) is 13.2 Å². The fourth-order valence-corrected chi connectivity index (χ4v) is 2.17. The van der Waals surface area contributed by atoms with Crippen LogP contribution in [0, 0.1) is 0 Å². The molecule has 0 bridgehead atoms. The summed E-state index contributed by atoms with van der Waals surface area (Å²) in [5.74, 6) is -0.434. The average Bonchev–Trinajstić information content (AvgIpc) is 2.49. The maximum absolute atomic E-state index is 12.7. The zero-order valence-corrected chi connectivity index (χ0v) is 12.7. The number of alkyl halides is 3. The molecule has 0 unspecified atom stereocenters. The lowest BCUT2D eigenvalue weighted by Gasteiger charge is -2.12. The molecule has 0 aliphatic heterocycles. The summed E-state index contributed by atoms with van der Waals surface area (Å²) in [5.41, 5.74) is 0.0774.